The van der Waals surface area contributed by atoms with Crippen molar-refractivity contribution in [2.45, 2.75) is 33.0 Å². The number of fused-ring (bicyclic) bond motifs is 2. The Balaban J connectivity index is 1.25. The monoisotopic (exact) mass is 446 g/mol. The van der Waals surface area contributed by atoms with Crippen molar-refractivity contribution in [2.24, 2.45) is 0 Å². The predicted octanol–water partition coefficient (Wildman–Crippen LogP) is 8.73. The molecule has 0 aliphatic heterocycles. The molecule has 2 nitrogen and oxygen atoms in total. The van der Waals surface area contributed by atoms with E-state index in [-0.39, 0.29) is 6.10 Å². The van der Waals surface area contributed by atoms with Gasteiger partial charge in [0, 0.05) is 0 Å². The molecule has 0 aliphatic carbocycles. The van der Waals surface area contributed by atoms with Crippen molar-refractivity contribution in [3.8, 4) is 16.9 Å². The lowest BCUT2D eigenvalue weighted by molar-refractivity contribution is 0.0526. The van der Waals surface area contributed by atoms with Gasteiger partial charge in [-0.3, -0.25) is 0 Å². The minimum Gasteiger partial charge on any atom is -0.494 e. The molecule has 0 amide bonds. The van der Waals surface area contributed by atoms with Gasteiger partial charge in [-0.05, 0) is 81.4 Å². The van der Waals surface area contributed by atoms with Crippen molar-refractivity contribution in [2.75, 3.05) is 6.61 Å². The van der Waals surface area contributed by atoms with E-state index >= 15 is 0 Å². The van der Waals surface area contributed by atoms with E-state index in [2.05, 4.69) is 117 Å². The summed E-state index contributed by atoms with van der Waals surface area (Å²) in [6, 6.07) is 36.6. The van der Waals surface area contributed by atoms with E-state index in [0.717, 1.165) is 18.8 Å². The summed E-state index contributed by atoms with van der Waals surface area (Å²) in [5, 5.41) is 4.93. The number of rotatable bonds is 8. The first-order valence-corrected chi connectivity index (χ1v) is 12.1. The van der Waals surface area contributed by atoms with E-state index in [0.29, 0.717) is 6.61 Å². The molecule has 34 heavy (non-hydrogen) atoms. The molecule has 1 unspecified atom stereocenters. The Bertz CT molecular complexity index is 1400. The largest absolute Gasteiger partial charge is 0.494 e. The molecule has 1 atom stereocenters. The van der Waals surface area contributed by atoms with E-state index in [4.69, 9.17) is 9.47 Å². The quantitative estimate of drug-likeness (QED) is 0.237. The van der Waals surface area contributed by atoms with Gasteiger partial charge >= 0.3 is 0 Å². The summed E-state index contributed by atoms with van der Waals surface area (Å²) >= 11 is 0. The normalized spacial score (nSPS) is 12.2. The van der Waals surface area contributed by atoms with Crippen LogP contribution in [0.15, 0.2) is 103 Å². The van der Waals surface area contributed by atoms with Gasteiger partial charge in [-0.25, -0.2) is 0 Å². The van der Waals surface area contributed by atoms with Crippen LogP contribution < -0.4 is 4.74 Å². The molecule has 0 heterocycles. The highest BCUT2D eigenvalue weighted by molar-refractivity contribution is 5.88. The summed E-state index contributed by atoms with van der Waals surface area (Å²) in [7, 11) is 0. The molecule has 5 aromatic carbocycles. The first-order valence-electron chi connectivity index (χ1n) is 12.1. The van der Waals surface area contributed by atoms with Gasteiger partial charge in [-0.15, -0.1) is 0 Å². The Hall–Kier alpha value is -3.62. The molecule has 0 fully saturated rings. The highest BCUT2D eigenvalue weighted by Crippen LogP contribution is 2.28. The van der Waals surface area contributed by atoms with Gasteiger partial charge in [0.2, 0.25) is 0 Å². The molecule has 0 radical (unpaired) electrons. The summed E-state index contributed by atoms with van der Waals surface area (Å²) in [4.78, 5) is 0. The van der Waals surface area contributed by atoms with Crippen molar-refractivity contribution < 1.29 is 9.47 Å². The molecule has 2 heteroatoms. The van der Waals surface area contributed by atoms with Gasteiger partial charge in [-0.1, -0.05) is 85.8 Å². The van der Waals surface area contributed by atoms with E-state index in [1.54, 1.807) is 0 Å². The van der Waals surface area contributed by atoms with Crippen molar-refractivity contribution >= 4 is 21.5 Å². The topological polar surface area (TPSA) is 18.5 Å². The molecule has 0 saturated heterocycles. The van der Waals surface area contributed by atoms with Crippen LogP contribution >= 0.6 is 0 Å². The first kappa shape index (κ1) is 22.2. The fourth-order valence-corrected chi connectivity index (χ4v) is 4.28. The van der Waals surface area contributed by atoms with Crippen molar-refractivity contribution in [3.05, 3.63) is 114 Å². The fourth-order valence-electron chi connectivity index (χ4n) is 4.28. The second kappa shape index (κ2) is 10.1. The van der Waals surface area contributed by atoms with Gasteiger partial charge < -0.3 is 9.47 Å². The summed E-state index contributed by atoms with van der Waals surface area (Å²) in [5.74, 6) is 0.935. The zero-order chi connectivity index (χ0) is 23.3. The smallest absolute Gasteiger partial charge is 0.119 e. The van der Waals surface area contributed by atoms with Crippen LogP contribution in [0.5, 0.6) is 5.75 Å². The molecule has 5 rings (SSSR count). The molecule has 5 aromatic rings. The Morgan fingerprint density at radius 1 is 0.647 bits per heavy atom. The fraction of sp³-hybridized carbons (Fsp3) is 0.188. The molecule has 0 aliphatic rings. The molecular weight excluding hydrogens is 416 g/mol. The number of hydrogen-bond acceptors (Lipinski definition) is 2. The summed E-state index contributed by atoms with van der Waals surface area (Å²) < 4.78 is 12.0. The van der Waals surface area contributed by atoms with Crippen LogP contribution in [0.25, 0.3) is 32.7 Å². The zero-order valence-electron chi connectivity index (χ0n) is 19.8. The maximum atomic E-state index is 6.19. The average Bonchev–Trinajstić information content (AvgIpc) is 2.90. The van der Waals surface area contributed by atoms with Gasteiger partial charge in [0.1, 0.15) is 5.75 Å². The average molecular weight is 447 g/mol. The molecule has 0 bridgehead atoms. The standard InChI is InChI=1S/C32H30O2/c1-3-18-33-32-17-16-30-20-29(14-15-31(30)21-32)26-10-8-24(9-11-26)22-34-23(2)27-13-12-25-6-4-5-7-28(25)19-27/h4-17,19-21,23H,3,18,22H2,1-2H3. The zero-order valence-corrected chi connectivity index (χ0v) is 19.8. The highest BCUT2D eigenvalue weighted by atomic mass is 16.5. The van der Waals surface area contributed by atoms with Crippen molar-refractivity contribution in [3.63, 3.8) is 0 Å². The van der Waals surface area contributed by atoms with Gasteiger partial charge in [0.25, 0.3) is 0 Å². The van der Waals surface area contributed by atoms with Crippen LogP contribution in [-0.4, -0.2) is 6.61 Å². The predicted molar refractivity (Wildman–Crippen MR) is 142 cm³/mol. The van der Waals surface area contributed by atoms with Crippen LogP contribution in [0.1, 0.15) is 37.5 Å². The molecule has 0 N–H and O–H groups in total. The van der Waals surface area contributed by atoms with Crippen LogP contribution in [0.4, 0.5) is 0 Å². The lowest BCUT2D eigenvalue weighted by Crippen LogP contribution is -2.00. The van der Waals surface area contributed by atoms with Gasteiger partial charge in [0.05, 0.1) is 19.3 Å². The van der Waals surface area contributed by atoms with Crippen LogP contribution in [0, 0.1) is 0 Å². The Morgan fingerprint density at radius 3 is 2.15 bits per heavy atom. The maximum Gasteiger partial charge on any atom is 0.119 e. The first-order chi connectivity index (χ1) is 16.7. The summed E-state index contributed by atoms with van der Waals surface area (Å²) in [5.41, 5.74) is 4.80. The van der Waals surface area contributed by atoms with Crippen LogP contribution in [-0.2, 0) is 11.3 Å². The van der Waals surface area contributed by atoms with Crippen LogP contribution in [0.2, 0.25) is 0 Å². The summed E-state index contributed by atoms with van der Waals surface area (Å²) in [6.45, 7) is 5.58. The van der Waals surface area contributed by atoms with E-state index in [1.165, 1.54) is 43.8 Å². The summed E-state index contributed by atoms with van der Waals surface area (Å²) in [6.07, 6.45) is 1.05. The molecular formula is C32H30O2. The SMILES string of the molecule is CCCOc1ccc2cc(-c3ccc(COC(C)c4ccc5ccccc5c4)cc3)ccc2c1. The van der Waals surface area contributed by atoms with E-state index < -0.39 is 0 Å². The number of ether oxygens (including phenoxy) is 2. The Morgan fingerprint density at radius 2 is 1.32 bits per heavy atom. The number of hydrogen-bond donors (Lipinski definition) is 0. The lowest BCUT2D eigenvalue weighted by atomic mass is 10.00. The minimum atomic E-state index is 0.0379. The molecule has 0 saturated carbocycles. The van der Waals surface area contributed by atoms with Crippen molar-refractivity contribution in [1.82, 2.24) is 0 Å². The van der Waals surface area contributed by atoms with Crippen LogP contribution in [0.3, 0.4) is 0 Å². The lowest BCUT2D eigenvalue weighted by Gasteiger charge is -2.15. The molecule has 0 aromatic heterocycles. The molecule has 0 spiro atoms. The molecule has 170 valence electrons. The van der Waals surface area contributed by atoms with Crippen molar-refractivity contribution in [1.29, 1.82) is 0 Å². The van der Waals surface area contributed by atoms with Gasteiger partial charge in [0.15, 0.2) is 0 Å². The highest BCUT2D eigenvalue weighted by Gasteiger charge is 2.08. The Labute approximate surface area is 201 Å². The minimum absolute atomic E-state index is 0.0379. The maximum absolute atomic E-state index is 6.19. The Kier molecular flexibility index (Phi) is 6.60. The number of benzene rings is 5. The van der Waals surface area contributed by atoms with E-state index in [9.17, 15) is 0 Å². The third-order valence-electron chi connectivity index (χ3n) is 6.31. The second-order valence-corrected chi connectivity index (χ2v) is 8.83. The van der Waals surface area contributed by atoms with E-state index in [1.807, 2.05) is 0 Å². The third-order valence-corrected chi connectivity index (χ3v) is 6.31. The van der Waals surface area contributed by atoms with Gasteiger partial charge in [-0.2, -0.15) is 0 Å². The third kappa shape index (κ3) is 4.98. The second-order valence-electron chi connectivity index (χ2n) is 8.83.